The van der Waals surface area contributed by atoms with Crippen LogP contribution in [0.3, 0.4) is 0 Å². The van der Waals surface area contributed by atoms with Gasteiger partial charge in [-0.1, -0.05) is 43.7 Å². The highest BCUT2D eigenvalue weighted by Crippen LogP contribution is 2.26. The van der Waals surface area contributed by atoms with E-state index in [1.54, 1.807) is 0 Å². The average molecular weight is 398 g/mol. The van der Waals surface area contributed by atoms with Crippen molar-refractivity contribution in [2.24, 2.45) is 0 Å². The second kappa shape index (κ2) is 12.6. The summed E-state index contributed by atoms with van der Waals surface area (Å²) >= 11 is 0. The van der Waals surface area contributed by atoms with Crippen molar-refractivity contribution in [1.29, 1.82) is 0 Å². The average Bonchev–Trinajstić information content (AvgIpc) is 2.74. The van der Waals surface area contributed by atoms with Gasteiger partial charge in [-0.2, -0.15) is 0 Å². The molecule has 0 radical (unpaired) electrons. The number of carbonyl (C=O) groups excluding carboxylic acids is 2. The van der Waals surface area contributed by atoms with Gasteiger partial charge in [-0.3, -0.25) is 9.59 Å². The van der Waals surface area contributed by atoms with Crippen LogP contribution in [0.15, 0.2) is 48.5 Å². The fraction of sp³-hybridized carbons (Fsp3) is 0.417. The summed E-state index contributed by atoms with van der Waals surface area (Å²) in [6.07, 6.45) is 4.77. The van der Waals surface area contributed by atoms with Crippen molar-refractivity contribution in [2.45, 2.75) is 46.1 Å². The first-order chi connectivity index (χ1) is 14.1. The van der Waals surface area contributed by atoms with Crippen LogP contribution in [0.5, 0.6) is 5.75 Å². The van der Waals surface area contributed by atoms with Crippen LogP contribution in [-0.4, -0.2) is 32.0 Å². The predicted octanol–water partition coefficient (Wildman–Crippen LogP) is 5.03. The number of ether oxygens (including phenoxy) is 2. The molecule has 0 unspecified atom stereocenters. The molecule has 0 amide bonds. The smallest absolute Gasteiger partial charge is 0.302 e. The molecule has 0 heterocycles. The minimum absolute atomic E-state index is 0.238. The van der Waals surface area contributed by atoms with Crippen molar-refractivity contribution in [3.63, 3.8) is 0 Å². The topological polar surface area (TPSA) is 55.8 Å². The Kier molecular flexibility index (Phi) is 9.76. The molecule has 2 aromatic carbocycles. The third-order valence-corrected chi connectivity index (χ3v) is 4.64. The van der Waals surface area contributed by atoms with E-state index < -0.39 is 0 Å². The highest BCUT2D eigenvalue weighted by atomic mass is 16.5. The molecule has 0 aliphatic heterocycles. The SMILES string of the molecule is CCCCN(CCCCOC(C)=O)c1ccc(C=O)c(OCc2ccccc2)c1. The van der Waals surface area contributed by atoms with Gasteiger partial charge < -0.3 is 14.4 Å². The third kappa shape index (κ3) is 7.98. The van der Waals surface area contributed by atoms with Crippen LogP contribution in [0.2, 0.25) is 0 Å². The lowest BCUT2D eigenvalue weighted by Crippen LogP contribution is -2.26. The van der Waals surface area contributed by atoms with Crippen molar-refractivity contribution < 1.29 is 19.1 Å². The van der Waals surface area contributed by atoms with Gasteiger partial charge >= 0.3 is 5.97 Å². The predicted molar refractivity (Wildman–Crippen MR) is 116 cm³/mol. The Labute approximate surface area is 173 Å². The molecule has 0 saturated heterocycles. The summed E-state index contributed by atoms with van der Waals surface area (Å²) in [5.41, 5.74) is 2.65. The zero-order valence-corrected chi connectivity index (χ0v) is 17.4. The number of rotatable bonds is 13. The van der Waals surface area contributed by atoms with E-state index in [9.17, 15) is 9.59 Å². The number of carbonyl (C=O) groups is 2. The molecule has 5 nitrogen and oxygen atoms in total. The van der Waals surface area contributed by atoms with Crippen LogP contribution < -0.4 is 9.64 Å². The molecule has 0 saturated carbocycles. The van der Waals surface area contributed by atoms with Gasteiger partial charge in [0, 0.05) is 31.8 Å². The molecule has 5 heteroatoms. The van der Waals surface area contributed by atoms with Gasteiger partial charge in [0.15, 0.2) is 6.29 Å². The lowest BCUT2D eigenvalue weighted by Gasteiger charge is -2.25. The molecule has 0 fully saturated rings. The lowest BCUT2D eigenvalue weighted by atomic mass is 10.1. The molecule has 0 bridgehead atoms. The number of anilines is 1. The molecule has 0 atom stereocenters. The van der Waals surface area contributed by atoms with Gasteiger partial charge in [0.1, 0.15) is 12.4 Å². The molecule has 2 rings (SSSR count). The standard InChI is InChI=1S/C24H31NO4/c1-3-4-14-25(15-8-9-16-28-20(2)27)23-13-12-22(18-26)24(17-23)29-19-21-10-6-5-7-11-21/h5-7,10-13,17-18H,3-4,8-9,14-16,19H2,1-2H3. The molecule has 0 spiro atoms. The van der Waals surface area contributed by atoms with E-state index in [1.807, 2.05) is 48.5 Å². The summed E-state index contributed by atoms with van der Waals surface area (Å²) in [4.78, 5) is 24.7. The van der Waals surface area contributed by atoms with E-state index in [0.717, 1.165) is 56.3 Å². The van der Waals surface area contributed by atoms with Gasteiger partial charge in [0.05, 0.1) is 12.2 Å². The highest BCUT2D eigenvalue weighted by Gasteiger charge is 2.11. The van der Waals surface area contributed by atoms with Crippen molar-refractivity contribution in [3.05, 3.63) is 59.7 Å². The van der Waals surface area contributed by atoms with Crippen LogP contribution in [-0.2, 0) is 16.1 Å². The zero-order chi connectivity index (χ0) is 20.9. The minimum Gasteiger partial charge on any atom is -0.488 e. The second-order valence-electron chi connectivity index (χ2n) is 7.00. The number of hydrogen-bond donors (Lipinski definition) is 0. The Balaban J connectivity index is 2.06. The molecule has 0 aliphatic rings. The molecule has 29 heavy (non-hydrogen) atoms. The van der Waals surface area contributed by atoms with Gasteiger partial charge in [0.2, 0.25) is 0 Å². The number of unbranched alkanes of at least 4 members (excludes halogenated alkanes) is 2. The third-order valence-electron chi connectivity index (χ3n) is 4.64. The molecule has 0 aliphatic carbocycles. The van der Waals surface area contributed by atoms with Crippen LogP contribution >= 0.6 is 0 Å². The Morgan fingerprint density at radius 3 is 2.48 bits per heavy atom. The Bertz CT molecular complexity index is 761. The Hall–Kier alpha value is -2.82. The Morgan fingerprint density at radius 1 is 1.03 bits per heavy atom. The summed E-state index contributed by atoms with van der Waals surface area (Å²) in [5, 5.41) is 0. The van der Waals surface area contributed by atoms with Gasteiger partial charge in [0.25, 0.3) is 0 Å². The molecular weight excluding hydrogens is 366 g/mol. The van der Waals surface area contributed by atoms with Gasteiger partial charge in [-0.15, -0.1) is 0 Å². The Morgan fingerprint density at radius 2 is 1.79 bits per heavy atom. The first-order valence-corrected chi connectivity index (χ1v) is 10.3. The number of aldehydes is 1. The molecular formula is C24H31NO4. The largest absolute Gasteiger partial charge is 0.488 e. The van der Waals surface area contributed by atoms with E-state index in [-0.39, 0.29) is 5.97 Å². The van der Waals surface area contributed by atoms with E-state index in [4.69, 9.17) is 9.47 Å². The highest BCUT2D eigenvalue weighted by molar-refractivity contribution is 5.80. The first kappa shape index (κ1) is 22.5. The summed E-state index contributed by atoms with van der Waals surface area (Å²) in [6.45, 7) is 6.26. The minimum atomic E-state index is -0.238. The van der Waals surface area contributed by atoms with Crippen molar-refractivity contribution in [1.82, 2.24) is 0 Å². The van der Waals surface area contributed by atoms with Crippen LogP contribution in [0.1, 0.15) is 55.5 Å². The van der Waals surface area contributed by atoms with Crippen molar-refractivity contribution >= 4 is 17.9 Å². The monoisotopic (exact) mass is 397 g/mol. The van der Waals surface area contributed by atoms with E-state index in [1.165, 1.54) is 6.92 Å². The van der Waals surface area contributed by atoms with E-state index in [0.29, 0.717) is 24.5 Å². The maximum Gasteiger partial charge on any atom is 0.302 e. The number of hydrogen-bond acceptors (Lipinski definition) is 5. The fourth-order valence-electron chi connectivity index (χ4n) is 3.02. The molecule has 0 aromatic heterocycles. The van der Waals surface area contributed by atoms with Crippen LogP contribution in [0, 0.1) is 0 Å². The fourth-order valence-corrected chi connectivity index (χ4v) is 3.02. The second-order valence-corrected chi connectivity index (χ2v) is 7.00. The molecule has 0 N–H and O–H groups in total. The summed E-state index contributed by atoms with van der Waals surface area (Å²) < 4.78 is 11.0. The van der Waals surface area contributed by atoms with Gasteiger partial charge in [-0.25, -0.2) is 0 Å². The van der Waals surface area contributed by atoms with Crippen LogP contribution in [0.4, 0.5) is 5.69 Å². The lowest BCUT2D eigenvalue weighted by molar-refractivity contribution is -0.141. The number of nitrogens with zero attached hydrogens (tertiary/aromatic N) is 1. The molecule has 156 valence electrons. The zero-order valence-electron chi connectivity index (χ0n) is 17.4. The summed E-state index contributed by atoms with van der Waals surface area (Å²) in [5.74, 6) is 0.361. The first-order valence-electron chi connectivity index (χ1n) is 10.3. The van der Waals surface area contributed by atoms with Crippen molar-refractivity contribution in [3.8, 4) is 5.75 Å². The van der Waals surface area contributed by atoms with Crippen molar-refractivity contribution in [2.75, 3.05) is 24.6 Å². The van der Waals surface area contributed by atoms with E-state index in [2.05, 4.69) is 11.8 Å². The maximum absolute atomic E-state index is 11.5. The number of esters is 1. The quantitative estimate of drug-likeness (QED) is 0.270. The number of benzene rings is 2. The molecule has 2 aromatic rings. The maximum atomic E-state index is 11.5. The van der Waals surface area contributed by atoms with Gasteiger partial charge in [-0.05, 0) is 37.0 Å². The van der Waals surface area contributed by atoms with E-state index >= 15 is 0 Å². The normalized spacial score (nSPS) is 10.4. The summed E-state index contributed by atoms with van der Waals surface area (Å²) in [7, 11) is 0. The van der Waals surface area contributed by atoms with Crippen LogP contribution in [0.25, 0.3) is 0 Å². The summed E-state index contributed by atoms with van der Waals surface area (Å²) in [6, 6.07) is 15.7.